The van der Waals surface area contributed by atoms with Crippen molar-refractivity contribution in [3.63, 3.8) is 0 Å². The summed E-state index contributed by atoms with van der Waals surface area (Å²) in [6.45, 7) is 1.32. The highest BCUT2D eigenvalue weighted by Gasteiger charge is 2.35. The van der Waals surface area contributed by atoms with E-state index in [4.69, 9.17) is 0 Å². The smallest absolute Gasteiger partial charge is 0.324 e. The number of carbonyl (C=O) groups is 1. The summed E-state index contributed by atoms with van der Waals surface area (Å²) in [5.74, 6) is -1.87. The number of hydrogen-bond acceptors (Lipinski definition) is 6. The van der Waals surface area contributed by atoms with Crippen LogP contribution in [0.4, 0.5) is 32.0 Å². The third-order valence-corrected chi connectivity index (χ3v) is 6.68. The molecule has 3 aromatic rings. The van der Waals surface area contributed by atoms with Gasteiger partial charge in [-0.3, -0.25) is 4.79 Å². The van der Waals surface area contributed by atoms with E-state index < -0.39 is 50.9 Å². The number of halogens is 6. The van der Waals surface area contributed by atoms with E-state index in [0.717, 1.165) is 25.5 Å². The molecule has 0 fully saturated rings. The number of aryl methyl sites for hydroxylation is 1. The molecule has 34 heavy (non-hydrogen) atoms. The number of carbonyl (C=O) groups excluding carboxylic acids is 1. The van der Waals surface area contributed by atoms with Gasteiger partial charge in [-0.15, -0.1) is 0 Å². The molecule has 3 heterocycles. The molecule has 0 spiro atoms. The summed E-state index contributed by atoms with van der Waals surface area (Å²) in [4.78, 5) is 23.6. The van der Waals surface area contributed by atoms with Crippen LogP contribution in [-0.2, 0) is 27.9 Å². The second-order valence-corrected chi connectivity index (χ2v) is 9.49. The molecule has 15 heteroatoms. The van der Waals surface area contributed by atoms with Gasteiger partial charge in [0, 0.05) is 14.1 Å². The highest BCUT2D eigenvalue weighted by atomic mass is 32.2. The first-order valence-corrected chi connectivity index (χ1v) is 11.2. The first kappa shape index (κ1) is 25.4. The van der Waals surface area contributed by atoms with Crippen molar-refractivity contribution in [3.05, 3.63) is 30.2 Å². The number of nitrogens with zero attached hydrogens (tertiary/aromatic N) is 5. The Balaban J connectivity index is 2.18. The Morgan fingerprint density at radius 3 is 2.29 bits per heavy atom. The van der Waals surface area contributed by atoms with Gasteiger partial charge >= 0.3 is 12.4 Å². The maximum absolute atomic E-state index is 13.0. The lowest BCUT2D eigenvalue weighted by atomic mass is 10.2. The van der Waals surface area contributed by atoms with Crippen molar-refractivity contribution >= 4 is 32.5 Å². The number of rotatable bonds is 5. The van der Waals surface area contributed by atoms with Crippen molar-refractivity contribution in [2.75, 3.05) is 17.7 Å². The van der Waals surface area contributed by atoms with Crippen LogP contribution < -0.4 is 4.90 Å². The van der Waals surface area contributed by atoms with E-state index in [0.29, 0.717) is 11.0 Å². The van der Waals surface area contributed by atoms with E-state index in [1.807, 2.05) is 0 Å². The van der Waals surface area contributed by atoms with Crippen LogP contribution in [-0.4, -0.2) is 52.8 Å². The van der Waals surface area contributed by atoms with Gasteiger partial charge in [-0.2, -0.15) is 26.3 Å². The molecule has 0 N–H and O–H groups in total. The van der Waals surface area contributed by atoms with E-state index in [2.05, 4.69) is 15.0 Å². The molecule has 0 aliphatic heterocycles. The molecule has 3 aromatic heterocycles. The predicted molar refractivity (Wildman–Crippen MR) is 109 cm³/mol. The predicted octanol–water partition coefficient (Wildman–Crippen LogP) is 3.76. The van der Waals surface area contributed by atoms with Crippen LogP contribution >= 0.6 is 0 Å². The summed E-state index contributed by atoms with van der Waals surface area (Å²) >= 11 is 0. The fourth-order valence-electron chi connectivity index (χ4n) is 3.07. The number of amides is 1. The van der Waals surface area contributed by atoms with Crippen LogP contribution in [0, 0.1) is 0 Å². The van der Waals surface area contributed by atoms with Crippen LogP contribution in [0.1, 0.15) is 19.0 Å². The normalized spacial score (nSPS) is 12.9. The van der Waals surface area contributed by atoms with Gasteiger partial charge in [0.2, 0.25) is 5.91 Å². The Bertz CT molecular complexity index is 1370. The lowest BCUT2D eigenvalue weighted by molar-refractivity contribution is -0.151. The fraction of sp³-hybridized carbons (Fsp3) is 0.368. The van der Waals surface area contributed by atoms with Crippen molar-refractivity contribution < 1.29 is 39.6 Å². The Morgan fingerprint density at radius 1 is 1.09 bits per heavy atom. The topological polar surface area (TPSA) is 98.1 Å². The summed E-state index contributed by atoms with van der Waals surface area (Å²) in [5.41, 5.74) is -1.62. The van der Waals surface area contributed by atoms with Gasteiger partial charge in [0.25, 0.3) is 0 Å². The number of hydrogen-bond donors (Lipinski definition) is 0. The minimum absolute atomic E-state index is 0.112. The highest BCUT2D eigenvalue weighted by Crippen LogP contribution is 2.33. The molecule has 3 rings (SSSR count). The molecule has 0 atom stereocenters. The fourth-order valence-corrected chi connectivity index (χ4v) is 4.12. The molecular weight excluding hydrogens is 492 g/mol. The second-order valence-electron chi connectivity index (χ2n) is 7.24. The van der Waals surface area contributed by atoms with E-state index in [9.17, 15) is 39.6 Å². The van der Waals surface area contributed by atoms with Crippen LogP contribution in [0.2, 0.25) is 0 Å². The summed E-state index contributed by atoms with van der Waals surface area (Å²) in [7, 11) is -1.60. The molecule has 0 saturated heterocycles. The maximum Gasteiger partial charge on any atom is 0.433 e. The number of fused-ring (bicyclic) bond motifs is 1. The first-order valence-electron chi connectivity index (χ1n) is 9.51. The van der Waals surface area contributed by atoms with E-state index >= 15 is 0 Å². The largest absolute Gasteiger partial charge is 0.433 e. The van der Waals surface area contributed by atoms with Gasteiger partial charge in [0.15, 0.2) is 15.7 Å². The van der Waals surface area contributed by atoms with E-state index in [1.54, 1.807) is 0 Å². The standard InChI is InChI=1S/C19H17F6N5O3S/c1-4-34(32,33)13-5-10(29(2)15(31)7-18(20,21)22)8-27-16(13)17-28-11-6-14(19(23,24)25)26-9-12(11)30(17)3/h5-6,8-9H,4,7H2,1-3H3. The van der Waals surface area contributed by atoms with Crippen molar-refractivity contribution in [2.45, 2.75) is 30.6 Å². The van der Waals surface area contributed by atoms with Gasteiger partial charge in [0.1, 0.15) is 17.8 Å². The van der Waals surface area contributed by atoms with Crippen LogP contribution in [0.5, 0.6) is 0 Å². The Morgan fingerprint density at radius 2 is 1.74 bits per heavy atom. The van der Waals surface area contributed by atoms with Gasteiger partial charge < -0.3 is 9.47 Å². The Labute approximate surface area is 189 Å². The molecule has 0 unspecified atom stereocenters. The molecular formula is C19H17F6N5O3S. The molecule has 1 amide bonds. The average molecular weight is 509 g/mol. The SMILES string of the molecule is CCS(=O)(=O)c1cc(N(C)C(=O)CC(F)(F)F)cnc1-c1nc2cc(C(F)(F)F)ncc2n1C. The molecule has 0 radical (unpaired) electrons. The molecule has 0 aromatic carbocycles. The van der Waals surface area contributed by atoms with Crippen molar-refractivity contribution in [2.24, 2.45) is 7.05 Å². The number of alkyl halides is 6. The Kier molecular flexibility index (Phi) is 6.37. The number of sulfone groups is 1. The van der Waals surface area contributed by atoms with Crippen molar-refractivity contribution in [1.82, 2.24) is 19.5 Å². The summed E-state index contributed by atoms with van der Waals surface area (Å²) in [5, 5.41) is 0. The van der Waals surface area contributed by atoms with Crippen molar-refractivity contribution in [3.8, 4) is 11.5 Å². The quantitative estimate of drug-likeness (QED) is 0.486. The molecule has 0 aliphatic rings. The molecule has 8 nitrogen and oxygen atoms in total. The first-order chi connectivity index (χ1) is 15.5. The van der Waals surface area contributed by atoms with Crippen LogP contribution in [0.3, 0.4) is 0 Å². The maximum atomic E-state index is 13.0. The summed E-state index contributed by atoms with van der Waals surface area (Å²) in [6, 6.07) is 1.68. The minimum Gasteiger partial charge on any atom is -0.324 e. The lowest BCUT2D eigenvalue weighted by Crippen LogP contribution is -2.31. The minimum atomic E-state index is -4.77. The summed E-state index contributed by atoms with van der Waals surface area (Å²) in [6.07, 6.45) is -9.35. The number of aromatic nitrogens is 4. The Hall–Kier alpha value is -3.23. The highest BCUT2D eigenvalue weighted by molar-refractivity contribution is 7.91. The zero-order valence-electron chi connectivity index (χ0n) is 17.9. The average Bonchev–Trinajstić information content (AvgIpc) is 3.06. The van der Waals surface area contributed by atoms with Gasteiger partial charge in [-0.1, -0.05) is 6.92 Å². The van der Waals surface area contributed by atoms with Crippen molar-refractivity contribution in [1.29, 1.82) is 0 Å². The van der Waals surface area contributed by atoms with Crippen LogP contribution in [0.15, 0.2) is 29.4 Å². The second kappa shape index (κ2) is 8.52. The zero-order chi connectivity index (χ0) is 25.6. The van der Waals surface area contributed by atoms with Gasteiger partial charge in [-0.05, 0) is 12.1 Å². The lowest BCUT2D eigenvalue weighted by Gasteiger charge is -2.19. The van der Waals surface area contributed by atoms with Gasteiger partial charge in [-0.25, -0.2) is 23.4 Å². The van der Waals surface area contributed by atoms with E-state index in [-0.39, 0.29) is 28.2 Å². The third-order valence-electron chi connectivity index (χ3n) is 4.94. The number of imidazole rings is 1. The molecule has 184 valence electrons. The molecule has 0 aliphatic carbocycles. The molecule has 0 bridgehead atoms. The van der Waals surface area contributed by atoms with E-state index in [1.165, 1.54) is 18.5 Å². The van der Waals surface area contributed by atoms with Gasteiger partial charge in [0.05, 0.1) is 39.8 Å². The third kappa shape index (κ3) is 4.98. The van der Waals surface area contributed by atoms with Crippen LogP contribution in [0.25, 0.3) is 22.6 Å². The number of pyridine rings is 2. The summed E-state index contributed by atoms with van der Waals surface area (Å²) < 4.78 is 104. The number of anilines is 1. The molecule has 0 saturated carbocycles. The zero-order valence-corrected chi connectivity index (χ0v) is 18.7. The monoisotopic (exact) mass is 509 g/mol.